The van der Waals surface area contributed by atoms with E-state index in [-0.39, 0.29) is 0 Å². The number of nitrogens with one attached hydrogen (secondary N) is 1. The first-order valence-electron chi connectivity index (χ1n) is 6.97. The molecule has 4 nitrogen and oxygen atoms in total. The number of aryl methyl sites for hydroxylation is 1. The van der Waals surface area contributed by atoms with Crippen molar-refractivity contribution >= 4 is 0 Å². The maximum absolute atomic E-state index is 5.44. The van der Waals surface area contributed by atoms with Crippen molar-refractivity contribution in [3.05, 3.63) is 47.8 Å². The second-order valence-electron chi connectivity index (χ2n) is 5.17. The zero-order valence-corrected chi connectivity index (χ0v) is 12.5. The van der Waals surface area contributed by atoms with Crippen molar-refractivity contribution in [1.82, 2.24) is 15.1 Å². The van der Waals surface area contributed by atoms with E-state index >= 15 is 0 Å². The average molecular weight is 273 g/mol. The highest BCUT2D eigenvalue weighted by Gasteiger charge is 2.13. The summed E-state index contributed by atoms with van der Waals surface area (Å²) in [6.45, 7) is 0.979. The standard InChI is InChI=1S/C16H23N3O/c1-17-10-13(8-14-11-18-19(2)12-14)9-15-6-4-5-7-16(15)20-3/h4-7,11-13,17H,8-10H2,1-3H3. The van der Waals surface area contributed by atoms with Gasteiger partial charge in [-0.3, -0.25) is 4.68 Å². The fourth-order valence-electron chi connectivity index (χ4n) is 2.60. The maximum Gasteiger partial charge on any atom is 0.122 e. The second kappa shape index (κ2) is 7.10. The molecule has 1 atom stereocenters. The van der Waals surface area contributed by atoms with Gasteiger partial charge in [-0.1, -0.05) is 18.2 Å². The highest BCUT2D eigenvalue weighted by Crippen LogP contribution is 2.22. The van der Waals surface area contributed by atoms with E-state index in [2.05, 4.69) is 28.7 Å². The Balaban J connectivity index is 2.08. The normalized spacial score (nSPS) is 12.3. The smallest absolute Gasteiger partial charge is 0.122 e. The van der Waals surface area contributed by atoms with Gasteiger partial charge in [0.1, 0.15) is 5.75 Å². The summed E-state index contributed by atoms with van der Waals surface area (Å²) >= 11 is 0. The number of para-hydroxylation sites is 1. The Morgan fingerprint density at radius 1 is 1.30 bits per heavy atom. The lowest BCUT2D eigenvalue weighted by Gasteiger charge is -2.17. The molecule has 0 saturated heterocycles. The molecule has 0 aliphatic rings. The fourth-order valence-corrected chi connectivity index (χ4v) is 2.60. The average Bonchev–Trinajstić information content (AvgIpc) is 2.85. The number of aromatic nitrogens is 2. The van der Waals surface area contributed by atoms with E-state index in [1.807, 2.05) is 37.1 Å². The van der Waals surface area contributed by atoms with Gasteiger partial charge in [-0.15, -0.1) is 0 Å². The van der Waals surface area contributed by atoms with Gasteiger partial charge < -0.3 is 10.1 Å². The minimum atomic E-state index is 0.528. The largest absolute Gasteiger partial charge is 0.496 e. The molecule has 0 radical (unpaired) electrons. The molecule has 1 aromatic heterocycles. The van der Waals surface area contributed by atoms with Crippen molar-refractivity contribution in [3.8, 4) is 5.75 Å². The Morgan fingerprint density at radius 2 is 2.10 bits per heavy atom. The van der Waals surface area contributed by atoms with Gasteiger partial charge in [-0.25, -0.2) is 0 Å². The molecular weight excluding hydrogens is 250 g/mol. The molecule has 0 spiro atoms. The van der Waals surface area contributed by atoms with Crippen LogP contribution in [-0.2, 0) is 19.9 Å². The van der Waals surface area contributed by atoms with E-state index in [4.69, 9.17) is 4.74 Å². The van der Waals surface area contributed by atoms with E-state index in [1.54, 1.807) is 7.11 Å². The summed E-state index contributed by atoms with van der Waals surface area (Å²) in [6, 6.07) is 8.25. The van der Waals surface area contributed by atoms with Crippen LogP contribution in [0.5, 0.6) is 5.75 Å². The monoisotopic (exact) mass is 273 g/mol. The predicted octanol–water partition coefficient (Wildman–Crippen LogP) is 2.05. The van der Waals surface area contributed by atoms with Gasteiger partial charge >= 0.3 is 0 Å². The number of methoxy groups -OCH3 is 1. The number of ether oxygens (including phenoxy) is 1. The van der Waals surface area contributed by atoms with Crippen molar-refractivity contribution in [1.29, 1.82) is 0 Å². The van der Waals surface area contributed by atoms with Crippen LogP contribution < -0.4 is 10.1 Å². The highest BCUT2D eigenvalue weighted by molar-refractivity contribution is 5.33. The molecule has 1 N–H and O–H groups in total. The van der Waals surface area contributed by atoms with Crippen LogP contribution in [0.3, 0.4) is 0 Å². The predicted molar refractivity (Wildman–Crippen MR) is 81.0 cm³/mol. The van der Waals surface area contributed by atoms with Crippen molar-refractivity contribution in [2.24, 2.45) is 13.0 Å². The SMILES string of the molecule is CNCC(Cc1cnn(C)c1)Cc1ccccc1OC. The lowest BCUT2D eigenvalue weighted by molar-refractivity contribution is 0.402. The molecule has 0 aliphatic carbocycles. The molecule has 0 bridgehead atoms. The van der Waals surface area contributed by atoms with E-state index in [0.29, 0.717) is 5.92 Å². The zero-order chi connectivity index (χ0) is 14.4. The fraction of sp³-hybridized carbons (Fsp3) is 0.438. The molecule has 108 valence electrons. The summed E-state index contributed by atoms with van der Waals surface area (Å²) in [5, 5.41) is 7.53. The second-order valence-corrected chi connectivity index (χ2v) is 5.17. The minimum Gasteiger partial charge on any atom is -0.496 e. The van der Waals surface area contributed by atoms with Crippen LogP contribution in [0, 0.1) is 5.92 Å². The van der Waals surface area contributed by atoms with Gasteiger partial charge in [0, 0.05) is 13.2 Å². The molecule has 2 rings (SSSR count). The summed E-state index contributed by atoms with van der Waals surface area (Å²) in [4.78, 5) is 0. The van der Waals surface area contributed by atoms with E-state index in [9.17, 15) is 0 Å². The molecule has 1 unspecified atom stereocenters. The molecule has 1 heterocycles. The summed E-state index contributed by atoms with van der Waals surface area (Å²) in [5.41, 5.74) is 2.54. The Morgan fingerprint density at radius 3 is 2.75 bits per heavy atom. The number of hydrogen-bond acceptors (Lipinski definition) is 3. The molecule has 1 aromatic carbocycles. The van der Waals surface area contributed by atoms with Gasteiger partial charge in [0.2, 0.25) is 0 Å². The maximum atomic E-state index is 5.44. The van der Waals surface area contributed by atoms with E-state index < -0.39 is 0 Å². The number of nitrogens with zero attached hydrogens (tertiary/aromatic N) is 2. The topological polar surface area (TPSA) is 39.1 Å². The van der Waals surface area contributed by atoms with Crippen molar-refractivity contribution in [2.45, 2.75) is 12.8 Å². The summed E-state index contributed by atoms with van der Waals surface area (Å²) in [7, 11) is 5.68. The highest BCUT2D eigenvalue weighted by atomic mass is 16.5. The third-order valence-electron chi connectivity index (χ3n) is 3.48. The number of rotatable bonds is 7. The van der Waals surface area contributed by atoms with Gasteiger partial charge in [0.05, 0.1) is 13.3 Å². The van der Waals surface area contributed by atoms with Gasteiger partial charge in [-0.05, 0) is 49.5 Å². The summed E-state index contributed by atoms with van der Waals surface area (Å²) in [6.07, 6.45) is 6.06. The van der Waals surface area contributed by atoms with Crippen LogP contribution in [0.4, 0.5) is 0 Å². The summed E-state index contributed by atoms with van der Waals surface area (Å²) in [5.74, 6) is 1.50. The lowest BCUT2D eigenvalue weighted by atomic mass is 9.93. The lowest BCUT2D eigenvalue weighted by Crippen LogP contribution is -2.22. The molecular formula is C16H23N3O. The zero-order valence-electron chi connectivity index (χ0n) is 12.5. The van der Waals surface area contributed by atoms with Gasteiger partial charge in [-0.2, -0.15) is 5.10 Å². The van der Waals surface area contributed by atoms with Crippen LogP contribution in [0.15, 0.2) is 36.7 Å². The van der Waals surface area contributed by atoms with Crippen molar-refractivity contribution in [3.63, 3.8) is 0 Å². The van der Waals surface area contributed by atoms with Gasteiger partial charge in [0.25, 0.3) is 0 Å². The van der Waals surface area contributed by atoms with Crippen molar-refractivity contribution in [2.75, 3.05) is 20.7 Å². The molecule has 2 aromatic rings. The third kappa shape index (κ3) is 3.84. The number of hydrogen-bond donors (Lipinski definition) is 1. The van der Waals surface area contributed by atoms with Crippen LogP contribution in [0.1, 0.15) is 11.1 Å². The molecule has 0 fully saturated rings. The van der Waals surface area contributed by atoms with Gasteiger partial charge in [0.15, 0.2) is 0 Å². The van der Waals surface area contributed by atoms with E-state index in [1.165, 1.54) is 11.1 Å². The van der Waals surface area contributed by atoms with E-state index in [0.717, 1.165) is 25.1 Å². The molecule has 4 heteroatoms. The van der Waals surface area contributed by atoms with Crippen LogP contribution in [0.2, 0.25) is 0 Å². The van der Waals surface area contributed by atoms with Crippen LogP contribution in [0.25, 0.3) is 0 Å². The van der Waals surface area contributed by atoms with Crippen molar-refractivity contribution < 1.29 is 4.74 Å². The molecule has 0 saturated carbocycles. The molecule has 20 heavy (non-hydrogen) atoms. The molecule has 0 aliphatic heterocycles. The minimum absolute atomic E-state index is 0.528. The Hall–Kier alpha value is -1.81. The Kier molecular flexibility index (Phi) is 5.18. The number of benzene rings is 1. The first kappa shape index (κ1) is 14.6. The summed E-state index contributed by atoms with van der Waals surface area (Å²) < 4.78 is 7.30. The third-order valence-corrected chi connectivity index (χ3v) is 3.48. The Labute approximate surface area is 120 Å². The Bertz CT molecular complexity index is 536. The quantitative estimate of drug-likeness (QED) is 0.839. The first-order valence-corrected chi connectivity index (χ1v) is 6.97. The first-order chi connectivity index (χ1) is 9.72. The van der Waals surface area contributed by atoms with Crippen LogP contribution >= 0.6 is 0 Å². The van der Waals surface area contributed by atoms with Crippen LogP contribution in [-0.4, -0.2) is 30.5 Å². The molecule has 0 amide bonds.